The number of morpholine rings is 1. The molecule has 2 aliphatic heterocycles. The van der Waals surface area contributed by atoms with Gasteiger partial charge in [0.1, 0.15) is 6.04 Å². The van der Waals surface area contributed by atoms with Gasteiger partial charge in [0.05, 0.1) is 24.3 Å². The molecule has 98 valence electrons. The van der Waals surface area contributed by atoms with E-state index in [1.165, 1.54) is 0 Å². The Bertz CT molecular complexity index is 448. The first kappa shape index (κ1) is 11.8. The van der Waals surface area contributed by atoms with Crippen LogP contribution in [0.15, 0.2) is 22.0 Å². The van der Waals surface area contributed by atoms with E-state index in [0.717, 1.165) is 12.2 Å². The zero-order chi connectivity index (χ0) is 12.9. The average Bonchev–Trinajstić information content (AvgIpc) is 2.75. The number of rotatable bonds is 1. The maximum Gasteiger partial charge on any atom is 0.217 e. The highest BCUT2D eigenvalue weighted by Crippen LogP contribution is 2.46. The van der Waals surface area contributed by atoms with Crippen LogP contribution in [0.3, 0.4) is 0 Å². The van der Waals surface area contributed by atoms with Gasteiger partial charge < -0.3 is 14.4 Å². The largest absolute Gasteiger partial charge is 0.371 e. The first-order chi connectivity index (χ1) is 8.60. The van der Waals surface area contributed by atoms with E-state index in [-0.39, 0.29) is 17.7 Å². The summed E-state index contributed by atoms with van der Waals surface area (Å²) in [5, 5.41) is 8.21. The highest BCUT2D eigenvalue weighted by Gasteiger charge is 2.59. The first-order valence-corrected chi connectivity index (χ1v) is 6.16. The van der Waals surface area contributed by atoms with Crippen molar-refractivity contribution in [3.05, 3.63) is 11.8 Å². The van der Waals surface area contributed by atoms with E-state index >= 15 is 0 Å². The fraction of sp³-hybridized carbons (Fsp3) is 0.750. The van der Waals surface area contributed by atoms with Gasteiger partial charge in [-0.2, -0.15) is 10.2 Å². The second kappa shape index (κ2) is 3.86. The molecule has 3 aliphatic rings. The Kier molecular flexibility index (Phi) is 2.53. The van der Waals surface area contributed by atoms with Crippen LogP contribution in [0.1, 0.15) is 6.92 Å². The average molecular weight is 251 g/mol. The number of carbonyl (C=O) groups is 1. The molecule has 3 rings (SSSR count). The number of hydrogen-bond donors (Lipinski definition) is 0. The fourth-order valence-electron chi connectivity index (χ4n) is 3.14. The molecule has 1 fully saturated rings. The van der Waals surface area contributed by atoms with Crippen LogP contribution in [-0.4, -0.2) is 55.9 Å². The zero-order valence-corrected chi connectivity index (χ0v) is 10.8. The minimum Gasteiger partial charge on any atom is -0.371 e. The molecule has 0 N–H and O–H groups in total. The molecule has 6 nitrogen and oxygen atoms in total. The lowest BCUT2D eigenvalue weighted by atomic mass is 9.77. The summed E-state index contributed by atoms with van der Waals surface area (Å²) in [5.41, 5.74) is 0.793. The quantitative estimate of drug-likeness (QED) is 0.684. The van der Waals surface area contributed by atoms with Crippen molar-refractivity contribution >= 4 is 5.78 Å². The zero-order valence-electron chi connectivity index (χ0n) is 10.8. The number of fused-ring (bicyclic) bond motifs is 3. The lowest BCUT2D eigenvalue weighted by Gasteiger charge is -2.49. The van der Waals surface area contributed by atoms with Crippen molar-refractivity contribution in [2.24, 2.45) is 16.1 Å². The molecule has 1 saturated heterocycles. The smallest absolute Gasteiger partial charge is 0.217 e. The van der Waals surface area contributed by atoms with Gasteiger partial charge in [-0.3, -0.25) is 4.79 Å². The van der Waals surface area contributed by atoms with Gasteiger partial charge in [0.2, 0.25) is 5.79 Å². The molecule has 0 spiro atoms. The second-order valence-corrected chi connectivity index (χ2v) is 5.02. The standard InChI is InChI=1S/C12H17N3O3/c1-7-10-11(14-13-7)8(16)6-9-12(10,17-3)18-5-4-15(9)2/h6-7,10-11H,4-5H2,1-3H3/t7-,10+,11+,12-/m1/s1. The highest BCUT2D eigenvalue weighted by molar-refractivity contribution is 5.97. The Balaban J connectivity index is 2.12. The summed E-state index contributed by atoms with van der Waals surface area (Å²) in [5.74, 6) is -1.06. The Morgan fingerprint density at radius 3 is 3.06 bits per heavy atom. The normalized spacial score (nSPS) is 42.6. The van der Waals surface area contributed by atoms with Gasteiger partial charge >= 0.3 is 0 Å². The molecule has 2 heterocycles. The van der Waals surface area contributed by atoms with Crippen LogP contribution in [0.4, 0.5) is 0 Å². The number of nitrogens with zero attached hydrogens (tertiary/aromatic N) is 3. The summed E-state index contributed by atoms with van der Waals surface area (Å²) in [7, 11) is 3.56. The minimum absolute atomic E-state index is 0.00637. The molecule has 4 atom stereocenters. The Labute approximate surface area is 106 Å². The Morgan fingerprint density at radius 2 is 2.33 bits per heavy atom. The summed E-state index contributed by atoms with van der Waals surface area (Å²) in [6, 6.07) is -0.538. The molecule has 0 bridgehead atoms. The van der Waals surface area contributed by atoms with E-state index in [2.05, 4.69) is 10.2 Å². The van der Waals surface area contributed by atoms with Gasteiger partial charge in [-0.1, -0.05) is 0 Å². The summed E-state index contributed by atoms with van der Waals surface area (Å²) in [6.45, 7) is 3.28. The van der Waals surface area contributed by atoms with E-state index < -0.39 is 11.8 Å². The van der Waals surface area contributed by atoms with Crippen molar-refractivity contribution in [3.8, 4) is 0 Å². The SMILES string of the molecule is CO[C@@]12OCCN(C)C1=CC(=O)[C@@H]1N=N[C@H](C)[C@@H]12. The van der Waals surface area contributed by atoms with Crippen molar-refractivity contribution in [1.82, 2.24) is 4.90 Å². The molecule has 1 aliphatic carbocycles. The molecule has 6 heteroatoms. The fourth-order valence-corrected chi connectivity index (χ4v) is 3.14. The van der Waals surface area contributed by atoms with Crippen molar-refractivity contribution in [2.45, 2.75) is 24.8 Å². The van der Waals surface area contributed by atoms with Crippen molar-refractivity contribution in [1.29, 1.82) is 0 Å². The molecule has 0 aromatic heterocycles. The Hall–Kier alpha value is -1.27. The highest BCUT2D eigenvalue weighted by atomic mass is 16.7. The summed E-state index contributed by atoms with van der Waals surface area (Å²) >= 11 is 0. The predicted octanol–water partition coefficient (Wildman–Crippen LogP) is 0.597. The molecule has 0 unspecified atom stereocenters. The third-order valence-corrected chi connectivity index (χ3v) is 4.06. The predicted molar refractivity (Wildman–Crippen MR) is 63.0 cm³/mol. The van der Waals surface area contributed by atoms with E-state index in [9.17, 15) is 4.79 Å². The number of ether oxygens (including phenoxy) is 2. The van der Waals surface area contributed by atoms with Crippen LogP contribution in [0.2, 0.25) is 0 Å². The van der Waals surface area contributed by atoms with E-state index in [4.69, 9.17) is 9.47 Å². The number of methoxy groups -OCH3 is 1. The summed E-state index contributed by atoms with van der Waals surface area (Å²) in [6.07, 6.45) is 1.60. The number of hydrogen-bond acceptors (Lipinski definition) is 6. The van der Waals surface area contributed by atoms with Gasteiger partial charge in [0.25, 0.3) is 0 Å². The molecule has 18 heavy (non-hydrogen) atoms. The van der Waals surface area contributed by atoms with Gasteiger partial charge in [0, 0.05) is 26.8 Å². The first-order valence-electron chi connectivity index (χ1n) is 6.16. The molecular formula is C12H17N3O3. The van der Waals surface area contributed by atoms with E-state index in [1.807, 2.05) is 18.9 Å². The van der Waals surface area contributed by atoms with Gasteiger partial charge in [-0.15, -0.1) is 0 Å². The van der Waals surface area contributed by atoms with Gasteiger partial charge in [0.15, 0.2) is 5.78 Å². The Morgan fingerprint density at radius 1 is 1.56 bits per heavy atom. The monoisotopic (exact) mass is 251 g/mol. The maximum atomic E-state index is 12.1. The van der Waals surface area contributed by atoms with Crippen LogP contribution in [0.25, 0.3) is 0 Å². The van der Waals surface area contributed by atoms with Crippen LogP contribution < -0.4 is 0 Å². The third kappa shape index (κ3) is 1.33. The van der Waals surface area contributed by atoms with Crippen LogP contribution in [-0.2, 0) is 14.3 Å². The van der Waals surface area contributed by atoms with Crippen LogP contribution >= 0.6 is 0 Å². The molecule has 0 aromatic carbocycles. The summed E-state index contributed by atoms with van der Waals surface area (Å²) in [4.78, 5) is 14.1. The van der Waals surface area contributed by atoms with Crippen molar-refractivity contribution in [3.63, 3.8) is 0 Å². The lowest BCUT2D eigenvalue weighted by Crippen LogP contribution is -2.61. The molecule has 0 radical (unpaired) electrons. The third-order valence-electron chi connectivity index (χ3n) is 4.06. The number of ketones is 1. The molecule has 0 aromatic rings. The van der Waals surface area contributed by atoms with E-state index in [1.54, 1.807) is 13.2 Å². The molecule has 0 saturated carbocycles. The van der Waals surface area contributed by atoms with Crippen LogP contribution in [0.5, 0.6) is 0 Å². The van der Waals surface area contributed by atoms with Crippen LogP contribution in [0, 0.1) is 5.92 Å². The second-order valence-electron chi connectivity index (χ2n) is 5.02. The summed E-state index contributed by atoms with van der Waals surface area (Å²) < 4.78 is 11.6. The topological polar surface area (TPSA) is 63.5 Å². The van der Waals surface area contributed by atoms with Gasteiger partial charge in [-0.25, -0.2) is 0 Å². The number of likely N-dealkylation sites (N-methyl/N-ethyl adjacent to an activating group) is 1. The molecule has 0 amide bonds. The van der Waals surface area contributed by atoms with Crippen molar-refractivity contribution < 1.29 is 14.3 Å². The van der Waals surface area contributed by atoms with Crippen molar-refractivity contribution in [2.75, 3.05) is 27.3 Å². The maximum absolute atomic E-state index is 12.1. The number of azo groups is 1. The molecular weight excluding hydrogens is 234 g/mol. The lowest BCUT2D eigenvalue weighted by molar-refractivity contribution is -0.259. The number of carbonyl (C=O) groups excluding carboxylic acids is 1. The van der Waals surface area contributed by atoms with Gasteiger partial charge in [-0.05, 0) is 6.92 Å². The minimum atomic E-state index is -0.880. The van der Waals surface area contributed by atoms with E-state index in [0.29, 0.717) is 6.61 Å².